The van der Waals surface area contributed by atoms with Gasteiger partial charge >= 0.3 is 0 Å². The van der Waals surface area contributed by atoms with Crippen LogP contribution in [-0.4, -0.2) is 18.6 Å². The van der Waals surface area contributed by atoms with E-state index in [1.807, 2.05) is 0 Å². The lowest BCUT2D eigenvalue weighted by Crippen LogP contribution is -2.15. The van der Waals surface area contributed by atoms with E-state index in [1.165, 1.54) is 0 Å². The van der Waals surface area contributed by atoms with Gasteiger partial charge < -0.3 is 10.1 Å². The van der Waals surface area contributed by atoms with Gasteiger partial charge in [0.15, 0.2) is 17.5 Å². The number of benzene rings is 1. The summed E-state index contributed by atoms with van der Waals surface area (Å²) in [6.45, 7) is 0.799. The first-order chi connectivity index (χ1) is 9.13. The van der Waals surface area contributed by atoms with Crippen molar-refractivity contribution in [3.8, 4) is 0 Å². The third kappa shape index (κ3) is 1.74. The van der Waals surface area contributed by atoms with E-state index in [4.69, 9.17) is 4.74 Å². The fourth-order valence-corrected chi connectivity index (χ4v) is 2.40. The van der Waals surface area contributed by atoms with Crippen molar-refractivity contribution in [1.82, 2.24) is 4.98 Å². The Hall–Kier alpha value is -1.82. The molecule has 0 atom stereocenters. The number of hydrogen-bond donors (Lipinski definition) is 1. The van der Waals surface area contributed by atoms with Crippen LogP contribution in [0.25, 0.3) is 10.9 Å². The SMILES string of the molecule is CNc1c2c(nc3cc(F)c(F)c(F)c13)CCOC2. The van der Waals surface area contributed by atoms with Crippen LogP contribution in [0, 0.1) is 17.5 Å². The molecule has 1 aliphatic heterocycles. The van der Waals surface area contributed by atoms with Gasteiger partial charge in [0.1, 0.15) is 0 Å². The summed E-state index contributed by atoms with van der Waals surface area (Å²) in [4.78, 5) is 4.22. The zero-order valence-corrected chi connectivity index (χ0v) is 10.2. The number of fused-ring (bicyclic) bond motifs is 2. The maximum absolute atomic E-state index is 13.9. The summed E-state index contributed by atoms with van der Waals surface area (Å²) in [7, 11) is 1.60. The number of rotatable bonds is 1. The molecule has 0 saturated carbocycles. The summed E-state index contributed by atoms with van der Waals surface area (Å²) in [6.07, 6.45) is 0.570. The van der Waals surface area contributed by atoms with Gasteiger partial charge in [-0.2, -0.15) is 0 Å². The molecule has 0 bridgehead atoms. The average Bonchev–Trinajstić information content (AvgIpc) is 2.42. The molecule has 100 valence electrons. The first-order valence-electron chi connectivity index (χ1n) is 5.88. The predicted octanol–water partition coefficient (Wildman–Crippen LogP) is 2.77. The van der Waals surface area contributed by atoms with E-state index in [0.29, 0.717) is 24.3 Å². The Balaban J connectivity index is 2.44. The number of pyridine rings is 1. The Bertz CT molecular complexity index is 673. The van der Waals surface area contributed by atoms with Crippen molar-refractivity contribution in [2.24, 2.45) is 0 Å². The van der Waals surface area contributed by atoms with Crippen LogP contribution in [0.5, 0.6) is 0 Å². The molecule has 2 aromatic rings. The molecule has 0 aliphatic carbocycles. The average molecular weight is 268 g/mol. The maximum atomic E-state index is 13.9. The molecule has 0 unspecified atom stereocenters. The second kappa shape index (κ2) is 4.38. The summed E-state index contributed by atoms with van der Waals surface area (Å²) in [5, 5.41) is 2.80. The van der Waals surface area contributed by atoms with Gasteiger partial charge in [-0.25, -0.2) is 13.2 Å². The highest BCUT2D eigenvalue weighted by molar-refractivity contribution is 5.94. The van der Waals surface area contributed by atoms with Crippen molar-refractivity contribution in [3.05, 3.63) is 34.8 Å². The highest BCUT2D eigenvalue weighted by Gasteiger charge is 2.23. The Morgan fingerprint density at radius 2 is 2.05 bits per heavy atom. The topological polar surface area (TPSA) is 34.2 Å². The van der Waals surface area contributed by atoms with Crippen molar-refractivity contribution in [1.29, 1.82) is 0 Å². The van der Waals surface area contributed by atoms with Gasteiger partial charge in [0.05, 0.1) is 35.5 Å². The predicted molar refractivity (Wildman–Crippen MR) is 64.5 cm³/mol. The molecular weight excluding hydrogens is 257 g/mol. The summed E-state index contributed by atoms with van der Waals surface area (Å²) < 4.78 is 45.9. The largest absolute Gasteiger partial charge is 0.387 e. The van der Waals surface area contributed by atoms with Gasteiger partial charge in [-0.1, -0.05) is 0 Å². The number of hydrogen-bond acceptors (Lipinski definition) is 3. The van der Waals surface area contributed by atoms with Gasteiger partial charge in [-0.15, -0.1) is 0 Å². The Labute approximate surface area is 107 Å². The van der Waals surface area contributed by atoms with Gasteiger partial charge in [-0.05, 0) is 0 Å². The summed E-state index contributed by atoms with van der Waals surface area (Å²) in [6, 6.07) is 0.921. The van der Waals surface area contributed by atoms with Gasteiger partial charge in [0.25, 0.3) is 0 Å². The minimum atomic E-state index is -1.48. The molecule has 0 fully saturated rings. The smallest absolute Gasteiger partial charge is 0.195 e. The highest BCUT2D eigenvalue weighted by Crippen LogP contribution is 2.34. The van der Waals surface area contributed by atoms with E-state index in [9.17, 15) is 13.2 Å². The maximum Gasteiger partial charge on any atom is 0.195 e. The molecular formula is C13H11F3N2O. The van der Waals surface area contributed by atoms with Crippen LogP contribution in [0.2, 0.25) is 0 Å². The fourth-order valence-electron chi connectivity index (χ4n) is 2.40. The number of halogens is 3. The Morgan fingerprint density at radius 3 is 2.79 bits per heavy atom. The van der Waals surface area contributed by atoms with Crippen molar-refractivity contribution in [3.63, 3.8) is 0 Å². The molecule has 0 saturated heterocycles. The molecule has 1 aliphatic rings. The van der Waals surface area contributed by atoms with E-state index in [1.54, 1.807) is 7.05 Å². The lowest BCUT2D eigenvalue weighted by molar-refractivity contribution is 0.110. The standard InChI is InChI=1S/C13H11F3N2O/c1-17-13-6-5-19-3-2-8(6)18-9-4-7(14)11(15)12(16)10(9)13/h4H,2-3,5H2,1H3,(H,17,18). The first kappa shape index (κ1) is 12.2. The molecule has 0 amide bonds. The zero-order valence-electron chi connectivity index (χ0n) is 10.2. The minimum Gasteiger partial charge on any atom is -0.387 e. The normalized spacial score (nSPS) is 14.5. The van der Waals surface area contributed by atoms with Crippen LogP contribution in [0.15, 0.2) is 6.07 Å². The van der Waals surface area contributed by atoms with Crippen LogP contribution in [0.3, 0.4) is 0 Å². The van der Waals surface area contributed by atoms with Crippen LogP contribution >= 0.6 is 0 Å². The number of ether oxygens (including phenoxy) is 1. The summed E-state index contributed by atoms with van der Waals surface area (Å²) >= 11 is 0. The zero-order chi connectivity index (χ0) is 13.6. The minimum absolute atomic E-state index is 0.0364. The van der Waals surface area contributed by atoms with Crippen molar-refractivity contribution >= 4 is 16.6 Å². The molecule has 2 heterocycles. The first-order valence-corrected chi connectivity index (χ1v) is 5.88. The Kier molecular flexibility index (Phi) is 2.82. The van der Waals surface area contributed by atoms with E-state index in [0.717, 1.165) is 11.8 Å². The van der Waals surface area contributed by atoms with Crippen LogP contribution in [-0.2, 0) is 17.8 Å². The van der Waals surface area contributed by atoms with Crippen molar-refractivity contribution < 1.29 is 17.9 Å². The van der Waals surface area contributed by atoms with Crippen LogP contribution in [0.4, 0.5) is 18.9 Å². The summed E-state index contributed by atoms with van der Waals surface area (Å²) in [5.41, 5.74) is 1.96. The van der Waals surface area contributed by atoms with Crippen molar-refractivity contribution in [2.45, 2.75) is 13.0 Å². The quantitative estimate of drug-likeness (QED) is 0.807. The highest BCUT2D eigenvalue weighted by atomic mass is 19.2. The van der Waals surface area contributed by atoms with Crippen molar-refractivity contribution in [2.75, 3.05) is 19.0 Å². The molecule has 3 rings (SSSR count). The Morgan fingerprint density at radius 1 is 1.26 bits per heavy atom. The molecule has 3 nitrogen and oxygen atoms in total. The van der Waals surface area contributed by atoms with Crippen LogP contribution in [0.1, 0.15) is 11.3 Å². The van der Waals surface area contributed by atoms with Gasteiger partial charge in [0.2, 0.25) is 0 Å². The van der Waals surface area contributed by atoms with Crippen LogP contribution < -0.4 is 5.32 Å². The fraction of sp³-hybridized carbons (Fsp3) is 0.308. The molecule has 1 N–H and O–H groups in total. The molecule has 1 aromatic carbocycles. The third-order valence-electron chi connectivity index (χ3n) is 3.28. The lowest BCUT2D eigenvalue weighted by Gasteiger charge is -2.21. The second-order valence-corrected chi connectivity index (χ2v) is 4.35. The third-order valence-corrected chi connectivity index (χ3v) is 3.28. The second-order valence-electron chi connectivity index (χ2n) is 4.35. The molecule has 0 radical (unpaired) electrons. The number of nitrogens with one attached hydrogen (secondary N) is 1. The molecule has 1 aromatic heterocycles. The van der Waals surface area contributed by atoms with E-state index < -0.39 is 17.5 Å². The number of nitrogens with zero attached hydrogens (tertiary/aromatic N) is 1. The molecule has 0 spiro atoms. The monoisotopic (exact) mass is 268 g/mol. The molecule has 19 heavy (non-hydrogen) atoms. The number of anilines is 1. The summed E-state index contributed by atoms with van der Waals surface area (Å²) in [5.74, 6) is -3.94. The van der Waals surface area contributed by atoms with E-state index in [-0.39, 0.29) is 17.5 Å². The van der Waals surface area contributed by atoms with Gasteiger partial charge in [-0.3, -0.25) is 4.98 Å². The van der Waals surface area contributed by atoms with Gasteiger partial charge in [0, 0.05) is 25.1 Å². The lowest BCUT2D eigenvalue weighted by atomic mass is 10.0. The number of aromatic nitrogens is 1. The molecule has 6 heteroatoms. The van der Waals surface area contributed by atoms with E-state index >= 15 is 0 Å². The van der Waals surface area contributed by atoms with E-state index in [2.05, 4.69) is 10.3 Å².